The fourth-order valence-electron chi connectivity index (χ4n) is 2.51. The number of benzene rings is 2. The van der Waals surface area contributed by atoms with Gasteiger partial charge in [-0.05, 0) is 35.9 Å². The lowest BCUT2D eigenvalue weighted by Gasteiger charge is -2.17. The third-order valence-electron chi connectivity index (χ3n) is 3.88. The molecule has 3 rings (SSSR count). The molecule has 0 atom stereocenters. The van der Waals surface area contributed by atoms with Crippen molar-refractivity contribution in [1.29, 1.82) is 0 Å². The van der Waals surface area contributed by atoms with Gasteiger partial charge in [-0.1, -0.05) is 18.2 Å². The Hall–Kier alpha value is -2.90. The molecule has 0 saturated carbocycles. The van der Waals surface area contributed by atoms with E-state index in [1.165, 1.54) is 12.1 Å². The van der Waals surface area contributed by atoms with Gasteiger partial charge in [-0.15, -0.1) is 0 Å². The summed E-state index contributed by atoms with van der Waals surface area (Å²) in [7, 11) is 0. The van der Waals surface area contributed by atoms with Crippen molar-refractivity contribution in [3.63, 3.8) is 0 Å². The maximum absolute atomic E-state index is 14.5. The minimum Gasteiger partial charge on any atom is -0.254 e. The molecule has 0 radical (unpaired) electrons. The summed E-state index contributed by atoms with van der Waals surface area (Å²) in [6, 6.07) is 8.02. The molecule has 3 aromatic rings. The van der Waals surface area contributed by atoms with Gasteiger partial charge in [0.05, 0.1) is 11.1 Å². The smallest absolute Gasteiger partial charge is 0.254 e. The highest BCUT2D eigenvalue weighted by molar-refractivity contribution is 5.63. The summed E-state index contributed by atoms with van der Waals surface area (Å²) in [6.45, 7) is 0. The summed E-state index contributed by atoms with van der Waals surface area (Å²) >= 11 is 0. The Kier molecular flexibility index (Phi) is 4.67. The molecule has 1 nitrogen and oxygen atoms in total. The first-order chi connectivity index (χ1) is 12.6. The van der Waals surface area contributed by atoms with E-state index in [9.17, 15) is 30.7 Å². The zero-order valence-electron chi connectivity index (χ0n) is 13.4. The fraction of sp³-hybridized carbons (Fsp3) is 0.105. The normalized spacial score (nSPS) is 12.3. The van der Waals surface area contributed by atoms with Crippen molar-refractivity contribution < 1.29 is 30.7 Å². The van der Waals surface area contributed by atoms with Crippen molar-refractivity contribution in [3.05, 3.63) is 89.2 Å². The highest BCUT2D eigenvalue weighted by Gasteiger charge is 2.38. The van der Waals surface area contributed by atoms with Gasteiger partial charge in [0.25, 0.3) is 0 Å². The van der Waals surface area contributed by atoms with Crippen LogP contribution in [0.25, 0.3) is 11.1 Å². The average Bonchev–Trinajstić information content (AvgIpc) is 2.61. The van der Waals surface area contributed by atoms with Crippen LogP contribution in [0.2, 0.25) is 0 Å². The second-order valence-corrected chi connectivity index (χ2v) is 5.71. The molecule has 1 heterocycles. The average molecular weight is 385 g/mol. The molecular formula is C19H10F7N. The van der Waals surface area contributed by atoms with Gasteiger partial charge in [0, 0.05) is 17.8 Å². The Morgan fingerprint density at radius 2 is 1.48 bits per heavy atom. The van der Waals surface area contributed by atoms with E-state index in [-0.39, 0.29) is 11.1 Å². The quantitative estimate of drug-likeness (QED) is 0.490. The van der Waals surface area contributed by atoms with E-state index in [0.29, 0.717) is 18.2 Å². The Labute approximate surface area is 149 Å². The summed E-state index contributed by atoms with van der Waals surface area (Å²) in [5, 5.41) is 0. The van der Waals surface area contributed by atoms with E-state index in [2.05, 4.69) is 4.98 Å². The summed E-state index contributed by atoms with van der Waals surface area (Å²) in [6.07, 6.45) is -3.57. The van der Waals surface area contributed by atoms with Crippen LogP contribution in [-0.2, 0) is 12.1 Å². The predicted octanol–water partition coefficient (Wildman–Crippen LogP) is 6.19. The van der Waals surface area contributed by atoms with Crippen molar-refractivity contribution in [2.45, 2.75) is 12.1 Å². The van der Waals surface area contributed by atoms with Crippen molar-refractivity contribution in [1.82, 2.24) is 4.98 Å². The van der Waals surface area contributed by atoms with Crippen LogP contribution in [0.15, 0.2) is 60.8 Å². The van der Waals surface area contributed by atoms with Gasteiger partial charge < -0.3 is 0 Å². The van der Waals surface area contributed by atoms with E-state index in [1.807, 2.05) is 0 Å². The van der Waals surface area contributed by atoms with Crippen molar-refractivity contribution >= 4 is 0 Å². The molecule has 8 heteroatoms. The molecule has 0 saturated heterocycles. The summed E-state index contributed by atoms with van der Waals surface area (Å²) in [5.41, 5.74) is -2.44. The molecular weight excluding hydrogens is 375 g/mol. The number of aromatic nitrogens is 1. The summed E-state index contributed by atoms with van der Waals surface area (Å²) in [4.78, 5) is 3.57. The number of pyridine rings is 1. The minimum atomic E-state index is -4.55. The Bertz CT molecular complexity index is 963. The third kappa shape index (κ3) is 3.79. The molecule has 0 amide bonds. The molecule has 0 bridgehead atoms. The number of alkyl halides is 5. The third-order valence-corrected chi connectivity index (χ3v) is 3.88. The topological polar surface area (TPSA) is 12.9 Å². The van der Waals surface area contributed by atoms with Crippen LogP contribution in [0, 0.1) is 11.6 Å². The van der Waals surface area contributed by atoms with Gasteiger partial charge >= 0.3 is 12.1 Å². The van der Waals surface area contributed by atoms with E-state index in [4.69, 9.17) is 0 Å². The molecule has 0 aliphatic rings. The van der Waals surface area contributed by atoms with Crippen LogP contribution in [0.1, 0.15) is 16.8 Å². The molecule has 140 valence electrons. The fourth-order valence-corrected chi connectivity index (χ4v) is 2.51. The number of nitrogens with zero attached hydrogens (tertiary/aromatic N) is 1. The zero-order chi connectivity index (χ0) is 19.8. The maximum atomic E-state index is 14.5. The van der Waals surface area contributed by atoms with Gasteiger partial charge in [0.1, 0.15) is 17.3 Å². The second kappa shape index (κ2) is 6.68. The SMILES string of the molecule is Fc1ccc(C(F)(F)c2ccc(-c3cccc(C(F)(F)F)c3)cn2)c(F)c1. The zero-order valence-corrected chi connectivity index (χ0v) is 13.4. The van der Waals surface area contributed by atoms with Crippen LogP contribution in [0.3, 0.4) is 0 Å². The van der Waals surface area contributed by atoms with Gasteiger partial charge in [-0.2, -0.15) is 22.0 Å². The minimum absolute atomic E-state index is 0.139. The Balaban J connectivity index is 1.96. The van der Waals surface area contributed by atoms with Crippen molar-refractivity contribution in [2.24, 2.45) is 0 Å². The number of rotatable bonds is 3. The molecule has 0 spiro atoms. The van der Waals surface area contributed by atoms with Gasteiger partial charge in [-0.25, -0.2) is 8.78 Å². The Morgan fingerprint density at radius 1 is 0.741 bits per heavy atom. The predicted molar refractivity (Wildman–Crippen MR) is 84.0 cm³/mol. The van der Waals surface area contributed by atoms with Crippen LogP contribution in [0.5, 0.6) is 0 Å². The molecule has 0 fully saturated rings. The molecule has 0 N–H and O–H groups in total. The molecule has 2 aromatic carbocycles. The van der Waals surface area contributed by atoms with Crippen LogP contribution in [0.4, 0.5) is 30.7 Å². The lowest BCUT2D eigenvalue weighted by molar-refractivity contribution is -0.137. The Morgan fingerprint density at radius 3 is 2.07 bits per heavy atom. The first-order valence-electron chi connectivity index (χ1n) is 7.56. The molecule has 0 aliphatic carbocycles. The monoisotopic (exact) mass is 385 g/mol. The lowest BCUT2D eigenvalue weighted by Crippen LogP contribution is -2.19. The number of hydrogen-bond donors (Lipinski definition) is 0. The largest absolute Gasteiger partial charge is 0.416 e. The van der Waals surface area contributed by atoms with Crippen molar-refractivity contribution in [3.8, 4) is 11.1 Å². The van der Waals surface area contributed by atoms with E-state index in [0.717, 1.165) is 30.5 Å². The first kappa shape index (κ1) is 18.9. The molecule has 0 aliphatic heterocycles. The second-order valence-electron chi connectivity index (χ2n) is 5.71. The molecule has 27 heavy (non-hydrogen) atoms. The summed E-state index contributed by atoms with van der Waals surface area (Å²) in [5.74, 6) is -6.27. The molecule has 0 unspecified atom stereocenters. The van der Waals surface area contributed by atoms with E-state index < -0.39 is 40.6 Å². The highest BCUT2D eigenvalue weighted by atomic mass is 19.4. The van der Waals surface area contributed by atoms with Crippen LogP contribution in [-0.4, -0.2) is 4.98 Å². The number of hydrogen-bond acceptors (Lipinski definition) is 1. The number of halogens is 7. The summed E-state index contributed by atoms with van der Waals surface area (Å²) < 4.78 is 93.9. The highest BCUT2D eigenvalue weighted by Crippen LogP contribution is 2.37. The lowest BCUT2D eigenvalue weighted by atomic mass is 10.0. The van der Waals surface area contributed by atoms with Crippen molar-refractivity contribution in [2.75, 3.05) is 0 Å². The van der Waals surface area contributed by atoms with Gasteiger partial charge in [-0.3, -0.25) is 4.98 Å². The van der Waals surface area contributed by atoms with Crippen LogP contribution >= 0.6 is 0 Å². The molecule has 1 aromatic heterocycles. The maximum Gasteiger partial charge on any atom is 0.416 e. The van der Waals surface area contributed by atoms with Gasteiger partial charge in [0.15, 0.2) is 0 Å². The van der Waals surface area contributed by atoms with Crippen LogP contribution < -0.4 is 0 Å². The van der Waals surface area contributed by atoms with E-state index in [1.54, 1.807) is 0 Å². The van der Waals surface area contributed by atoms with E-state index >= 15 is 0 Å². The first-order valence-corrected chi connectivity index (χ1v) is 7.56. The standard InChI is InChI=1S/C19H10F7N/c20-14-5-6-15(16(21)9-14)18(22,23)17-7-4-12(10-27-17)11-2-1-3-13(8-11)19(24,25)26/h1-10H. The van der Waals surface area contributed by atoms with Gasteiger partial charge in [0.2, 0.25) is 0 Å².